The van der Waals surface area contributed by atoms with Gasteiger partial charge in [0.05, 0.1) is 4.92 Å². The molecule has 8 nitrogen and oxygen atoms in total. The summed E-state index contributed by atoms with van der Waals surface area (Å²) in [7, 11) is -4.06. The molecule has 0 unspecified atom stereocenters. The van der Waals surface area contributed by atoms with Crippen LogP contribution in [0.1, 0.15) is 5.69 Å². The van der Waals surface area contributed by atoms with Crippen LogP contribution in [0.25, 0.3) is 0 Å². The minimum Gasteiger partial charge on any atom is -0.378 e. The van der Waals surface area contributed by atoms with Crippen LogP contribution in [0.15, 0.2) is 32.8 Å². The lowest BCUT2D eigenvalue weighted by Crippen LogP contribution is -2.17. The van der Waals surface area contributed by atoms with Crippen LogP contribution < -0.4 is 10.5 Å². The molecule has 0 radical (unpaired) electrons. The lowest BCUT2D eigenvalue weighted by Gasteiger charge is -2.10. The summed E-state index contributed by atoms with van der Waals surface area (Å²) in [6.07, 6.45) is 0. The Balaban J connectivity index is 2.13. The molecule has 3 N–H and O–H groups in total. The monoisotopic (exact) mass is 374 g/mol. The SMILES string of the molecule is Cc1csc(SCCNc2c([N+](=O)[O-])cccc2S(N)(=O)=O)n1. The molecule has 0 saturated heterocycles. The number of thiazole rings is 1. The van der Waals surface area contributed by atoms with Crippen LogP contribution in [0.5, 0.6) is 0 Å². The van der Waals surface area contributed by atoms with E-state index in [1.165, 1.54) is 41.3 Å². The Kier molecular flexibility index (Phi) is 5.57. The molecule has 11 heteroatoms. The highest BCUT2D eigenvalue weighted by atomic mass is 32.2. The molecule has 0 saturated carbocycles. The van der Waals surface area contributed by atoms with Crippen LogP contribution in [0.2, 0.25) is 0 Å². The number of thioether (sulfide) groups is 1. The van der Waals surface area contributed by atoms with Gasteiger partial charge in [0.15, 0.2) is 0 Å². The molecule has 2 rings (SSSR count). The Bertz CT molecular complexity index is 819. The molecule has 0 amide bonds. The number of anilines is 1. The predicted molar refractivity (Wildman–Crippen MR) is 90.5 cm³/mol. The Morgan fingerprint density at radius 1 is 1.48 bits per heavy atom. The zero-order valence-corrected chi connectivity index (χ0v) is 14.5. The minimum absolute atomic E-state index is 0.0871. The topological polar surface area (TPSA) is 128 Å². The number of hydrogen-bond acceptors (Lipinski definition) is 8. The minimum atomic E-state index is -4.06. The Labute approximate surface area is 141 Å². The Morgan fingerprint density at radius 3 is 2.78 bits per heavy atom. The number of rotatable bonds is 7. The average Bonchev–Trinajstić information content (AvgIpc) is 2.87. The maximum Gasteiger partial charge on any atom is 0.293 e. The molecule has 124 valence electrons. The second kappa shape index (κ2) is 7.25. The fourth-order valence-electron chi connectivity index (χ4n) is 1.80. The van der Waals surface area contributed by atoms with E-state index in [1.807, 2.05) is 12.3 Å². The first-order valence-corrected chi connectivity index (χ1v) is 9.79. The van der Waals surface area contributed by atoms with E-state index in [1.54, 1.807) is 0 Å². The van der Waals surface area contributed by atoms with Gasteiger partial charge in [-0.05, 0) is 13.0 Å². The van der Waals surface area contributed by atoms with Gasteiger partial charge < -0.3 is 5.32 Å². The van der Waals surface area contributed by atoms with Crippen LogP contribution in [-0.2, 0) is 10.0 Å². The van der Waals surface area contributed by atoms with Crippen molar-refractivity contribution in [2.45, 2.75) is 16.2 Å². The number of sulfonamides is 1. The molecule has 0 aliphatic carbocycles. The molecule has 1 heterocycles. The number of nitro benzene ring substituents is 1. The molecule has 0 aliphatic rings. The second-order valence-corrected chi connectivity index (χ2v) is 8.21. The van der Waals surface area contributed by atoms with E-state index >= 15 is 0 Å². The van der Waals surface area contributed by atoms with Gasteiger partial charge in [-0.2, -0.15) is 0 Å². The zero-order chi connectivity index (χ0) is 17.0. The predicted octanol–water partition coefficient (Wildman–Crippen LogP) is 2.21. The van der Waals surface area contributed by atoms with Crippen molar-refractivity contribution in [3.05, 3.63) is 39.4 Å². The first-order valence-electron chi connectivity index (χ1n) is 6.38. The summed E-state index contributed by atoms with van der Waals surface area (Å²) < 4.78 is 24.1. The van der Waals surface area contributed by atoms with Crippen LogP contribution >= 0.6 is 23.1 Å². The average molecular weight is 374 g/mol. The molecule has 1 aromatic carbocycles. The third-order valence-corrected chi connectivity index (χ3v) is 5.83. The molecule has 23 heavy (non-hydrogen) atoms. The van der Waals surface area contributed by atoms with E-state index in [9.17, 15) is 18.5 Å². The van der Waals surface area contributed by atoms with Crippen molar-refractivity contribution in [1.82, 2.24) is 4.98 Å². The highest BCUT2D eigenvalue weighted by molar-refractivity contribution is 8.01. The number of aryl methyl sites for hydroxylation is 1. The van der Waals surface area contributed by atoms with Crippen molar-refractivity contribution in [1.29, 1.82) is 0 Å². The van der Waals surface area contributed by atoms with Gasteiger partial charge in [-0.1, -0.05) is 17.8 Å². The molecule has 0 aliphatic heterocycles. The third kappa shape index (κ3) is 4.64. The number of aromatic nitrogens is 1. The summed E-state index contributed by atoms with van der Waals surface area (Å²) in [5, 5.41) is 20.9. The Hall–Kier alpha value is -1.69. The second-order valence-electron chi connectivity index (χ2n) is 4.48. The van der Waals surface area contributed by atoms with Crippen molar-refractivity contribution in [3.8, 4) is 0 Å². The van der Waals surface area contributed by atoms with Gasteiger partial charge in [-0.25, -0.2) is 18.5 Å². The first kappa shape index (κ1) is 17.7. The quantitative estimate of drug-likeness (QED) is 0.329. The molecule has 0 bridgehead atoms. The van der Waals surface area contributed by atoms with Gasteiger partial charge in [-0.3, -0.25) is 10.1 Å². The maximum atomic E-state index is 11.6. The summed E-state index contributed by atoms with van der Waals surface area (Å²) >= 11 is 2.99. The zero-order valence-electron chi connectivity index (χ0n) is 12.1. The number of benzene rings is 1. The summed E-state index contributed by atoms with van der Waals surface area (Å²) in [5.41, 5.74) is 0.517. The van der Waals surface area contributed by atoms with Gasteiger partial charge in [0.25, 0.3) is 5.69 Å². The highest BCUT2D eigenvalue weighted by Gasteiger charge is 2.23. The third-order valence-electron chi connectivity index (χ3n) is 2.73. The number of primary sulfonamides is 1. The molecule has 1 aromatic heterocycles. The fourth-order valence-corrected chi connectivity index (χ4v) is 4.30. The molecule has 0 atom stereocenters. The van der Waals surface area contributed by atoms with E-state index < -0.39 is 14.9 Å². The van der Waals surface area contributed by atoms with Crippen molar-refractivity contribution < 1.29 is 13.3 Å². The van der Waals surface area contributed by atoms with Crippen LogP contribution in [0.4, 0.5) is 11.4 Å². The number of nitrogens with two attached hydrogens (primary N) is 1. The van der Waals surface area contributed by atoms with E-state index in [2.05, 4.69) is 10.3 Å². The van der Waals surface area contributed by atoms with Gasteiger partial charge >= 0.3 is 0 Å². The lowest BCUT2D eigenvalue weighted by molar-refractivity contribution is -0.384. The molecule has 2 aromatic rings. The largest absolute Gasteiger partial charge is 0.378 e. The van der Waals surface area contributed by atoms with E-state index in [0.29, 0.717) is 12.3 Å². The molecular weight excluding hydrogens is 360 g/mol. The van der Waals surface area contributed by atoms with Crippen molar-refractivity contribution >= 4 is 44.5 Å². The van der Waals surface area contributed by atoms with E-state index in [0.717, 1.165) is 10.0 Å². The smallest absolute Gasteiger partial charge is 0.293 e. The maximum absolute atomic E-state index is 11.6. The number of hydrogen-bond donors (Lipinski definition) is 2. The van der Waals surface area contributed by atoms with Crippen LogP contribution in [-0.4, -0.2) is 30.6 Å². The van der Waals surface area contributed by atoms with Crippen molar-refractivity contribution in [2.24, 2.45) is 5.14 Å². The summed E-state index contributed by atoms with van der Waals surface area (Å²) in [6, 6.07) is 3.76. The van der Waals surface area contributed by atoms with Crippen LogP contribution in [0.3, 0.4) is 0 Å². The standard InChI is InChI=1S/C12H14N4O4S3/c1-8-7-22-12(15-8)21-6-5-14-11-9(16(17)18)3-2-4-10(11)23(13,19)20/h2-4,7,14H,5-6H2,1H3,(H2,13,19,20). The van der Waals surface area contributed by atoms with Gasteiger partial charge in [-0.15, -0.1) is 11.3 Å². The summed E-state index contributed by atoms with van der Waals surface area (Å²) in [4.78, 5) is 14.4. The highest BCUT2D eigenvalue weighted by Crippen LogP contribution is 2.31. The molecule has 0 fully saturated rings. The van der Waals surface area contributed by atoms with Crippen molar-refractivity contribution in [3.63, 3.8) is 0 Å². The fraction of sp³-hybridized carbons (Fsp3) is 0.250. The van der Waals surface area contributed by atoms with Gasteiger partial charge in [0.2, 0.25) is 10.0 Å². The van der Waals surface area contributed by atoms with E-state index in [-0.39, 0.29) is 16.3 Å². The summed E-state index contributed by atoms with van der Waals surface area (Å²) in [6.45, 7) is 2.22. The normalized spacial score (nSPS) is 11.4. The molecule has 0 spiro atoms. The van der Waals surface area contributed by atoms with Gasteiger partial charge in [0.1, 0.15) is 14.9 Å². The number of nitrogens with one attached hydrogen (secondary N) is 1. The summed E-state index contributed by atoms with van der Waals surface area (Å²) in [5.74, 6) is 0.572. The number of para-hydroxylation sites is 1. The van der Waals surface area contributed by atoms with Crippen molar-refractivity contribution in [2.75, 3.05) is 17.6 Å². The number of nitrogens with zero attached hydrogens (tertiary/aromatic N) is 2. The van der Waals surface area contributed by atoms with Crippen LogP contribution in [0, 0.1) is 17.0 Å². The first-order chi connectivity index (χ1) is 10.8. The van der Waals surface area contributed by atoms with E-state index in [4.69, 9.17) is 5.14 Å². The van der Waals surface area contributed by atoms with Gasteiger partial charge in [0, 0.05) is 29.4 Å². The number of nitro groups is 1. The molecular formula is C12H14N4O4S3. The Morgan fingerprint density at radius 2 is 2.22 bits per heavy atom. The lowest BCUT2D eigenvalue weighted by atomic mass is 10.2.